The van der Waals surface area contributed by atoms with Gasteiger partial charge in [-0.25, -0.2) is 0 Å². The van der Waals surface area contributed by atoms with Crippen LogP contribution in [0.3, 0.4) is 0 Å². The molecular weight excluding hydrogens is 356 g/mol. The lowest BCUT2D eigenvalue weighted by molar-refractivity contribution is -0.148. The number of fused-ring (bicyclic) bond motifs is 1. The zero-order chi connectivity index (χ0) is 19.1. The number of carboxylic acid groups (broad SMARTS) is 1. The Hall–Kier alpha value is -1.50. The summed E-state index contributed by atoms with van der Waals surface area (Å²) in [6.07, 6.45) is 0.000737. The van der Waals surface area contributed by atoms with Gasteiger partial charge in [0.2, 0.25) is 0 Å². The second kappa shape index (κ2) is 7.25. The Labute approximate surface area is 159 Å². The molecule has 0 saturated carbocycles. The van der Waals surface area contributed by atoms with E-state index in [0.29, 0.717) is 36.2 Å². The van der Waals surface area contributed by atoms with Gasteiger partial charge in [-0.3, -0.25) is 9.69 Å². The van der Waals surface area contributed by atoms with Gasteiger partial charge in [0.1, 0.15) is 0 Å². The fourth-order valence-electron chi connectivity index (χ4n) is 4.35. The molecule has 2 fully saturated rings. The second-order valence-corrected chi connectivity index (χ2v) is 8.22. The van der Waals surface area contributed by atoms with Crippen molar-refractivity contribution in [2.45, 2.75) is 26.5 Å². The van der Waals surface area contributed by atoms with Gasteiger partial charge in [-0.1, -0.05) is 11.6 Å². The fourth-order valence-corrected chi connectivity index (χ4v) is 4.58. The number of halogens is 1. The van der Waals surface area contributed by atoms with Crippen molar-refractivity contribution in [3.8, 4) is 11.5 Å². The first-order valence-corrected chi connectivity index (χ1v) is 9.30. The van der Waals surface area contributed by atoms with E-state index in [-0.39, 0.29) is 12.0 Å². The standard InChI is InChI=1S/C19H27ClN2O4/c1-12(2)26-17-13(5-15(20)6-16(17)25-4)7-22-9-14-8-21(3)10-19(14,11-22)18(23)24/h5-6,12,14H,7-11H2,1-4H3,(H,23,24)/t14-,19-/m0/s1. The van der Waals surface area contributed by atoms with Gasteiger partial charge in [0.15, 0.2) is 11.5 Å². The highest BCUT2D eigenvalue weighted by Crippen LogP contribution is 2.44. The van der Waals surface area contributed by atoms with Crippen LogP contribution in [-0.2, 0) is 11.3 Å². The van der Waals surface area contributed by atoms with Crippen molar-refractivity contribution in [1.82, 2.24) is 9.80 Å². The Bertz CT molecular complexity index is 696. The molecule has 1 N–H and O–H groups in total. The van der Waals surface area contributed by atoms with Crippen LogP contribution in [0, 0.1) is 11.3 Å². The minimum Gasteiger partial charge on any atom is -0.493 e. The summed E-state index contributed by atoms with van der Waals surface area (Å²) in [7, 11) is 3.59. The fraction of sp³-hybridized carbons (Fsp3) is 0.632. The van der Waals surface area contributed by atoms with Crippen LogP contribution >= 0.6 is 11.6 Å². The summed E-state index contributed by atoms with van der Waals surface area (Å²) in [6, 6.07) is 3.63. The molecule has 0 bridgehead atoms. The average molecular weight is 383 g/mol. The van der Waals surface area contributed by atoms with Crippen LogP contribution in [0.25, 0.3) is 0 Å². The first-order valence-electron chi connectivity index (χ1n) is 8.92. The average Bonchev–Trinajstić information content (AvgIpc) is 3.02. The van der Waals surface area contributed by atoms with E-state index in [4.69, 9.17) is 21.1 Å². The Morgan fingerprint density at radius 3 is 2.69 bits per heavy atom. The molecule has 2 aliphatic heterocycles. The number of methoxy groups -OCH3 is 1. The highest BCUT2D eigenvalue weighted by molar-refractivity contribution is 6.30. The minimum absolute atomic E-state index is 0.000737. The monoisotopic (exact) mass is 382 g/mol. The third-order valence-corrected chi connectivity index (χ3v) is 5.56. The molecule has 7 heteroatoms. The predicted octanol–water partition coefficient (Wildman–Crippen LogP) is 2.58. The summed E-state index contributed by atoms with van der Waals surface area (Å²) in [5.74, 6) is 0.732. The number of hydrogen-bond acceptors (Lipinski definition) is 5. The summed E-state index contributed by atoms with van der Waals surface area (Å²) in [5.41, 5.74) is 0.244. The molecule has 2 aliphatic rings. The number of rotatable bonds is 6. The van der Waals surface area contributed by atoms with Crippen LogP contribution < -0.4 is 9.47 Å². The lowest BCUT2D eigenvalue weighted by atomic mass is 9.81. The van der Waals surface area contributed by atoms with E-state index in [9.17, 15) is 9.90 Å². The molecule has 2 heterocycles. The number of likely N-dealkylation sites (tertiary alicyclic amines) is 2. The van der Waals surface area contributed by atoms with Gasteiger partial charge in [0, 0.05) is 55.3 Å². The van der Waals surface area contributed by atoms with Crippen molar-refractivity contribution >= 4 is 17.6 Å². The topological polar surface area (TPSA) is 62.2 Å². The van der Waals surface area contributed by atoms with Gasteiger partial charge in [-0.2, -0.15) is 0 Å². The first-order chi connectivity index (χ1) is 12.2. The quantitative estimate of drug-likeness (QED) is 0.816. The maximum atomic E-state index is 12.0. The summed E-state index contributed by atoms with van der Waals surface area (Å²) in [4.78, 5) is 16.3. The van der Waals surface area contributed by atoms with Crippen molar-refractivity contribution in [3.63, 3.8) is 0 Å². The number of benzene rings is 1. The molecule has 3 rings (SSSR count). The van der Waals surface area contributed by atoms with Crippen LogP contribution in [0.2, 0.25) is 5.02 Å². The minimum atomic E-state index is -0.698. The molecule has 6 nitrogen and oxygen atoms in total. The molecule has 0 amide bonds. The van der Waals surface area contributed by atoms with Gasteiger partial charge in [-0.05, 0) is 27.0 Å². The molecule has 0 radical (unpaired) electrons. The Kier molecular flexibility index (Phi) is 5.37. The van der Waals surface area contributed by atoms with E-state index < -0.39 is 11.4 Å². The van der Waals surface area contributed by atoms with Crippen molar-refractivity contribution in [3.05, 3.63) is 22.7 Å². The Balaban J connectivity index is 1.86. The smallest absolute Gasteiger partial charge is 0.312 e. The van der Waals surface area contributed by atoms with Crippen LogP contribution in [-0.4, -0.2) is 67.3 Å². The van der Waals surface area contributed by atoms with Crippen LogP contribution in [0.1, 0.15) is 19.4 Å². The summed E-state index contributed by atoms with van der Waals surface area (Å²) < 4.78 is 11.4. The number of ether oxygens (including phenoxy) is 2. The molecule has 2 saturated heterocycles. The van der Waals surface area contributed by atoms with Crippen LogP contribution in [0.5, 0.6) is 11.5 Å². The molecule has 26 heavy (non-hydrogen) atoms. The molecular formula is C19H27ClN2O4. The third kappa shape index (κ3) is 3.50. The lowest BCUT2D eigenvalue weighted by Crippen LogP contribution is -2.40. The summed E-state index contributed by atoms with van der Waals surface area (Å²) in [6.45, 7) is 7.23. The SMILES string of the molecule is COc1cc(Cl)cc(CN2C[C@@H]3CN(C)C[C@]3(C(=O)O)C2)c1OC(C)C. The van der Waals surface area contributed by atoms with E-state index >= 15 is 0 Å². The molecule has 0 unspecified atom stereocenters. The molecule has 1 aromatic carbocycles. The third-order valence-electron chi connectivity index (χ3n) is 5.34. The van der Waals surface area contributed by atoms with Crippen molar-refractivity contribution < 1.29 is 19.4 Å². The maximum Gasteiger partial charge on any atom is 0.312 e. The van der Waals surface area contributed by atoms with Crippen LogP contribution in [0.4, 0.5) is 0 Å². The highest BCUT2D eigenvalue weighted by atomic mass is 35.5. The van der Waals surface area contributed by atoms with E-state index in [1.165, 1.54) is 0 Å². The van der Waals surface area contributed by atoms with Gasteiger partial charge >= 0.3 is 5.97 Å². The maximum absolute atomic E-state index is 12.0. The largest absolute Gasteiger partial charge is 0.493 e. The van der Waals surface area contributed by atoms with E-state index in [1.807, 2.05) is 27.0 Å². The molecule has 0 spiro atoms. The lowest BCUT2D eigenvalue weighted by Gasteiger charge is -2.25. The number of nitrogens with zero attached hydrogens (tertiary/aromatic N) is 2. The van der Waals surface area contributed by atoms with Crippen LogP contribution in [0.15, 0.2) is 12.1 Å². The molecule has 0 aromatic heterocycles. The molecule has 2 atom stereocenters. The molecule has 1 aromatic rings. The number of carbonyl (C=O) groups is 1. The van der Waals surface area contributed by atoms with Crippen molar-refractivity contribution in [2.75, 3.05) is 40.3 Å². The Morgan fingerprint density at radius 2 is 2.12 bits per heavy atom. The number of carboxylic acids is 1. The normalized spacial score (nSPS) is 26.3. The van der Waals surface area contributed by atoms with Gasteiger partial charge in [-0.15, -0.1) is 0 Å². The second-order valence-electron chi connectivity index (χ2n) is 7.79. The molecule has 144 valence electrons. The van der Waals surface area contributed by atoms with E-state index in [2.05, 4.69) is 9.80 Å². The zero-order valence-electron chi connectivity index (χ0n) is 15.8. The number of hydrogen-bond donors (Lipinski definition) is 1. The predicted molar refractivity (Wildman–Crippen MR) is 100 cm³/mol. The summed E-state index contributed by atoms with van der Waals surface area (Å²) >= 11 is 6.26. The van der Waals surface area contributed by atoms with Crippen molar-refractivity contribution in [2.24, 2.45) is 11.3 Å². The van der Waals surface area contributed by atoms with E-state index in [0.717, 1.165) is 18.7 Å². The highest BCUT2D eigenvalue weighted by Gasteiger charge is 2.56. The van der Waals surface area contributed by atoms with E-state index in [1.54, 1.807) is 13.2 Å². The summed E-state index contributed by atoms with van der Waals surface area (Å²) in [5, 5.41) is 10.4. The first kappa shape index (κ1) is 19.3. The van der Waals surface area contributed by atoms with Gasteiger partial charge in [0.25, 0.3) is 0 Å². The molecule has 0 aliphatic carbocycles. The van der Waals surface area contributed by atoms with Crippen molar-refractivity contribution in [1.29, 1.82) is 0 Å². The number of aliphatic carboxylic acids is 1. The van der Waals surface area contributed by atoms with Gasteiger partial charge < -0.3 is 19.5 Å². The Morgan fingerprint density at radius 1 is 1.38 bits per heavy atom. The van der Waals surface area contributed by atoms with Gasteiger partial charge in [0.05, 0.1) is 18.6 Å². The zero-order valence-corrected chi connectivity index (χ0v) is 16.5.